The Bertz CT molecular complexity index is 748. The summed E-state index contributed by atoms with van der Waals surface area (Å²) in [5, 5.41) is 4.47. The van der Waals surface area contributed by atoms with Gasteiger partial charge in [0.25, 0.3) is 0 Å². The maximum absolute atomic E-state index is 12.7. The van der Waals surface area contributed by atoms with E-state index in [1.165, 1.54) is 0 Å². The van der Waals surface area contributed by atoms with Crippen molar-refractivity contribution in [3.05, 3.63) is 40.6 Å². The highest BCUT2D eigenvalue weighted by atomic mass is 32.1. The molecule has 7 nitrogen and oxygen atoms in total. The van der Waals surface area contributed by atoms with Crippen LogP contribution in [-0.2, 0) is 16.1 Å². The monoisotopic (exact) mass is 361 g/mol. The molecule has 0 spiro atoms. The Morgan fingerprint density at radius 1 is 1.20 bits per heavy atom. The number of rotatable bonds is 6. The lowest BCUT2D eigenvalue weighted by atomic mass is 10.2. The van der Waals surface area contributed by atoms with Crippen molar-refractivity contribution in [2.24, 2.45) is 5.73 Å². The predicted octanol–water partition coefficient (Wildman–Crippen LogP) is 1.13. The normalized spacial score (nSPS) is 12.5. The SMILES string of the molecule is NCC(=O)NCC(=O)N(Cc1cccs1)c1ccc2c(c1)OCCO2. The van der Waals surface area contributed by atoms with Crippen molar-refractivity contribution in [3.8, 4) is 11.5 Å². The van der Waals surface area contributed by atoms with Crippen molar-refractivity contribution in [2.75, 3.05) is 31.2 Å². The molecule has 2 aromatic rings. The first-order valence-electron chi connectivity index (χ1n) is 7.86. The van der Waals surface area contributed by atoms with Crippen molar-refractivity contribution >= 4 is 28.8 Å². The van der Waals surface area contributed by atoms with Crippen molar-refractivity contribution in [1.29, 1.82) is 0 Å². The number of thiophene rings is 1. The fourth-order valence-corrected chi connectivity index (χ4v) is 3.12. The van der Waals surface area contributed by atoms with E-state index >= 15 is 0 Å². The quantitative estimate of drug-likeness (QED) is 0.804. The molecule has 0 aliphatic carbocycles. The molecule has 0 atom stereocenters. The summed E-state index contributed by atoms with van der Waals surface area (Å²) in [7, 11) is 0. The minimum Gasteiger partial charge on any atom is -0.486 e. The third-order valence-electron chi connectivity index (χ3n) is 3.65. The van der Waals surface area contributed by atoms with Crippen LogP contribution in [0.1, 0.15) is 4.88 Å². The summed E-state index contributed by atoms with van der Waals surface area (Å²) < 4.78 is 11.1. The number of amides is 2. The van der Waals surface area contributed by atoms with E-state index in [1.807, 2.05) is 23.6 Å². The Balaban J connectivity index is 1.82. The van der Waals surface area contributed by atoms with E-state index in [0.29, 0.717) is 36.9 Å². The third kappa shape index (κ3) is 4.28. The zero-order valence-electron chi connectivity index (χ0n) is 13.6. The number of benzene rings is 1. The van der Waals surface area contributed by atoms with Gasteiger partial charge in [0.2, 0.25) is 11.8 Å². The van der Waals surface area contributed by atoms with Gasteiger partial charge in [-0.3, -0.25) is 9.59 Å². The predicted molar refractivity (Wildman–Crippen MR) is 95.0 cm³/mol. The van der Waals surface area contributed by atoms with Crippen LogP contribution in [0.3, 0.4) is 0 Å². The summed E-state index contributed by atoms with van der Waals surface area (Å²) in [4.78, 5) is 26.7. The van der Waals surface area contributed by atoms with Gasteiger partial charge >= 0.3 is 0 Å². The second kappa shape index (κ2) is 8.00. The second-order valence-electron chi connectivity index (χ2n) is 5.37. The Morgan fingerprint density at radius 3 is 2.72 bits per heavy atom. The molecule has 0 fully saturated rings. The molecule has 0 radical (unpaired) electrons. The van der Waals surface area contributed by atoms with E-state index in [9.17, 15) is 9.59 Å². The fraction of sp³-hybridized carbons (Fsp3) is 0.294. The standard InChI is InChI=1S/C17H19N3O4S/c18-9-16(21)19-10-17(22)20(11-13-2-1-7-25-13)12-3-4-14-15(8-12)24-6-5-23-14/h1-4,7-8H,5-6,9-11,18H2,(H,19,21). The average molecular weight is 361 g/mol. The molecule has 2 amide bonds. The molecule has 1 aromatic heterocycles. The maximum atomic E-state index is 12.7. The molecule has 3 rings (SSSR count). The van der Waals surface area contributed by atoms with Crippen molar-refractivity contribution in [3.63, 3.8) is 0 Å². The second-order valence-corrected chi connectivity index (χ2v) is 6.40. The largest absolute Gasteiger partial charge is 0.486 e. The fourth-order valence-electron chi connectivity index (χ4n) is 2.42. The lowest BCUT2D eigenvalue weighted by Crippen LogP contribution is -2.41. The van der Waals surface area contributed by atoms with Crippen molar-refractivity contribution in [1.82, 2.24) is 5.32 Å². The van der Waals surface area contributed by atoms with E-state index in [1.54, 1.807) is 28.4 Å². The van der Waals surface area contributed by atoms with Crippen LogP contribution in [0.15, 0.2) is 35.7 Å². The smallest absolute Gasteiger partial charge is 0.246 e. The molecule has 1 aromatic carbocycles. The van der Waals surface area contributed by atoms with Gasteiger partial charge in [0, 0.05) is 16.6 Å². The summed E-state index contributed by atoms with van der Waals surface area (Å²) in [6.07, 6.45) is 0. The molecule has 0 saturated carbocycles. The highest BCUT2D eigenvalue weighted by Crippen LogP contribution is 2.34. The molecule has 0 bridgehead atoms. The summed E-state index contributed by atoms with van der Waals surface area (Å²) in [6, 6.07) is 9.27. The Hall–Kier alpha value is -2.58. The number of ether oxygens (including phenoxy) is 2. The minimum absolute atomic E-state index is 0.115. The van der Waals surface area contributed by atoms with Crippen LogP contribution in [-0.4, -0.2) is 38.1 Å². The van der Waals surface area contributed by atoms with Crippen LogP contribution < -0.4 is 25.4 Å². The molecule has 2 heterocycles. The first kappa shape index (κ1) is 17.2. The number of carbonyl (C=O) groups is 2. The summed E-state index contributed by atoms with van der Waals surface area (Å²) in [5.74, 6) is 0.673. The minimum atomic E-state index is -0.369. The van der Waals surface area contributed by atoms with Crippen LogP contribution in [0, 0.1) is 0 Å². The zero-order valence-corrected chi connectivity index (χ0v) is 14.4. The molecule has 132 valence electrons. The van der Waals surface area contributed by atoms with Crippen LogP contribution >= 0.6 is 11.3 Å². The zero-order chi connectivity index (χ0) is 17.6. The highest BCUT2D eigenvalue weighted by Gasteiger charge is 2.20. The lowest BCUT2D eigenvalue weighted by Gasteiger charge is -2.25. The molecule has 0 unspecified atom stereocenters. The van der Waals surface area contributed by atoms with Crippen LogP contribution in [0.25, 0.3) is 0 Å². The van der Waals surface area contributed by atoms with Crippen molar-refractivity contribution in [2.45, 2.75) is 6.54 Å². The van der Waals surface area contributed by atoms with Crippen LogP contribution in [0.4, 0.5) is 5.69 Å². The number of carbonyl (C=O) groups excluding carboxylic acids is 2. The number of anilines is 1. The molecule has 1 aliphatic heterocycles. The third-order valence-corrected chi connectivity index (χ3v) is 4.52. The number of hydrogen-bond acceptors (Lipinski definition) is 6. The van der Waals surface area contributed by atoms with Gasteiger partial charge < -0.3 is 25.4 Å². The first-order chi connectivity index (χ1) is 12.2. The average Bonchev–Trinajstić information content (AvgIpc) is 3.16. The van der Waals surface area contributed by atoms with Gasteiger partial charge in [-0.15, -0.1) is 11.3 Å². The molecule has 3 N–H and O–H groups in total. The van der Waals surface area contributed by atoms with E-state index < -0.39 is 0 Å². The Kier molecular flexibility index (Phi) is 5.52. The molecule has 0 saturated heterocycles. The molecule has 8 heteroatoms. The van der Waals surface area contributed by atoms with Gasteiger partial charge in [0.05, 0.1) is 19.6 Å². The number of nitrogens with zero attached hydrogens (tertiary/aromatic N) is 1. The topological polar surface area (TPSA) is 93.9 Å². The Morgan fingerprint density at radius 2 is 2.00 bits per heavy atom. The van der Waals surface area contributed by atoms with E-state index in [-0.39, 0.29) is 24.9 Å². The van der Waals surface area contributed by atoms with Gasteiger partial charge in [-0.05, 0) is 23.6 Å². The number of nitrogens with one attached hydrogen (secondary N) is 1. The van der Waals surface area contributed by atoms with E-state index in [0.717, 1.165) is 4.88 Å². The molecular weight excluding hydrogens is 342 g/mol. The van der Waals surface area contributed by atoms with Gasteiger partial charge in [-0.2, -0.15) is 0 Å². The van der Waals surface area contributed by atoms with Crippen molar-refractivity contribution < 1.29 is 19.1 Å². The maximum Gasteiger partial charge on any atom is 0.246 e. The van der Waals surface area contributed by atoms with Gasteiger partial charge in [0.15, 0.2) is 11.5 Å². The summed E-state index contributed by atoms with van der Waals surface area (Å²) in [5.41, 5.74) is 5.95. The summed E-state index contributed by atoms with van der Waals surface area (Å²) >= 11 is 1.56. The molecular formula is C17H19N3O4S. The lowest BCUT2D eigenvalue weighted by molar-refractivity contribution is -0.124. The number of hydrogen-bond donors (Lipinski definition) is 2. The van der Waals surface area contributed by atoms with E-state index in [4.69, 9.17) is 15.2 Å². The van der Waals surface area contributed by atoms with Crippen LogP contribution in [0.5, 0.6) is 11.5 Å². The van der Waals surface area contributed by atoms with Gasteiger partial charge in [-0.25, -0.2) is 0 Å². The first-order valence-corrected chi connectivity index (χ1v) is 8.74. The Labute approximate surface area is 149 Å². The van der Waals surface area contributed by atoms with E-state index in [2.05, 4.69) is 5.32 Å². The summed E-state index contributed by atoms with van der Waals surface area (Å²) in [6.45, 7) is 1.13. The van der Waals surface area contributed by atoms with Gasteiger partial charge in [-0.1, -0.05) is 6.07 Å². The van der Waals surface area contributed by atoms with Gasteiger partial charge in [0.1, 0.15) is 13.2 Å². The van der Waals surface area contributed by atoms with Crippen LogP contribution in [0.2, 0.25) is 0 Å². The number of fused-ring (bicyclic) bond motifs is 1. The highest BCUT2D eigenvalue weighted by molar-refractivity contribution is 7.09. The number of nitrogens with two attached hydrogens (primary N) is 1. The molecule has 25 heavy (non-hydrogen) atoms. The molecule has 1 aliphatic rings.